The molecule has 0 amide bonds. The minimum absolute atomic E-state index is 0.0492. The second kappa shape index (κ2) is 5.05. The van der Waals surface area contributed by atoms with Crippen LogP contribution in [-0.2, 0) is 6.42 Å². The molecular weight excluding hydrogens is 262 g/mol. The lowest BCUT2D eigenvalue weighted by atomic mass is 10.2. The number of halogens is 1. The number of hydrogen-bond donors (Lipinski definition) is 0. The highest BCUT2D eigenvalue weighted by Gasteiger charge is 2.19. The quantitative estimate of drug-likeness (QED) is 0.685. The standard InChI is InChI=1S/C14H14ClN3O/c1-10(12-5-3-9-19-12)18-13(6-7-15)17-11-4-2-8-16-14(11)18/h2-5,8-10H,6-7H2,1H3. The molecule has 0 fully saturated rings. The summed E-state index contributed by atoms with van der Waals surface area (Å²) >= 11 is 5.87. The molecule has 0 saturated carbocycles. The van der Waals surface area contributed by atoms with Gasteiger partial charge in [-0.1, -0.05) is 0 Å². The number of rotatable bonds is 4. The van der Waals surface area contributed by atoms with Crippen molar-refractivity contribution in [3.63, 3.8) is 0 Å². The van der Waals surface area contributed by atoms with Crippen LogP contribution < -0.4 is 0 Å². The third-order valence-electron chi connectivity index (χ3n) is 3.18. The SMILES string of the molecule is CC(c1ccco1)n1c(CCCl)nc2cccnc21. The summed E-state index contributed by atoms with van der Waals surface area (Å²) in [5.74, 6) is 2.36. The van der Waals surface area contributed by atoms with Crippen LogP contribution in [0, 0.1) is 0 Å². The summed E-state index contributed by atoms with van der Waals surface area (Å²) in [6, 6.07) is 7.75. The molecule has 3 rings (SSSR count). The molecule has 0 radical (unpaired) electrons. The van der Waals surface area contributed by atoms with Gasteiger partial charge in [-0.25, -0.2) is 9.97 Å². The Morgan fingerprint density at radius 3 is 3.00 bits per heavy atom. The molecule has 0 aliphatic rings. The highest BCUT2D eigenvalue weighted by Crippen LogP contribution is 2.25. The van der Waals surface area contributed by atoms with Crippen molar-refractivity contribution >= 4 is 22.8 Å². The first-order chi connectivity index (χ1) is 9.31. The molecule has 98 valence electrons. The van der Waals surface area contributed by atoms with Gasteiger partial charge in [0.25, 0.3) is 0 Å². The minimum Gasteiger partial charge on any atom is -0.467 e. The van der Waals surface area contributed by atoms with Crippen LogP contribution in [0.25, 0.3) is 11.2 Å². The number of aromatic nitrogens is 3. The molecule has 0 spiro atoms. The molecule has 0 bridgehead atoms. The first-order valence-electron chi connectivity index (χ1n) is 6.22. The Morgan fingerprint density at radius 1 is 1.37 bits per heavy atom. The van der Waals surface area contributed by atoms with Gasteiger partial charge in [0, 0.05) is 18.5 Å². The fourth-order valence-corrected chi connectivity index (χ4v) is 2.47. The summed E-state index contributed by atoms with van der Waals surface area (Å²) in [5, 5.41) is 0. The van der Waals surface area contributed by atoms with E-state index in [0.29, 0.717) is 12.3 Å². The van der Waals surface area contributed by atoms with Crippen molar-refractivity contribution in [3.8, 4) is 0 Å². The van der Waals surface area contributed by atoms with E-state index >= 15 is 0 Å². The molecule has 1 atom stereocenters. The zero-order valence-corrected chi connectivity index (χ0v) is 11.3. The first-order valence-corrected chi connectivity index (χ1v) is 6.76. The van der Waals surface area contributed by atoms with Gasteiger partial charge in [-0.05, 0) is 31.2 Å². The number of nitrogens with zero attached hydrogens (tertiary/aromatic N) is 3. The summed E-state index contributed by atoms with van der Waals surface area (Å²) in [6.07, 6.45) is 4.17. The topological polar surface area (TPSA) is 43.9 Å². The highest BCUT2D eigenvalue weighted by molar-refractivity contribution is 6.17. The van der Waals surface area contributed by atoms with Gasteiger partial charge in [-0.3, -0.25) is 0 Å². The zero-order chi connectivity index (χ0) is 13.2. The van der Waals surface area contributed by atoms with Crippen molar-refractivity contribution in [2.75, 3.05) is 5.88 Å². The van der Waals surface area contributed by atoms with Crippen molar-refractivity contribution in [3.05, 3.63) is 48.3 Å². The molecule has 3 heterocycles. The van der Waals surface area contributed by atoms with Crippen LogP contribution in [0.4, 0.5) is 0 Å². The molecule has 3 aromatic heterocycles. The predicted molar refractivity (Wildman–Crippen MR) is 74.5 cm³/mol. The van der Waals surface area contributed by atoms with E-state index in [0.717, 1.165) is 22.7 Å². The Bertz CT molecular complexity index is 675. The molecule has 19 heavy (non-hydrogen) atoms. The van der Waals surface area contributed by atoms with Gasteiger partial charge < -0.3 is 8.98 Å². The van der Waals surface area contributed by atoms with Gasteiger partial charge in [0.1, 0.15) is 17.1 Å². The third-order valence-corrected chi connectivity index (χ3v) is 3.37. The number of alkyl halides is 1. The summed E-state index contributed by atoms with van der Waals surface area (Å²) in [7, 11) is 0. The van der Waals surface area contributed by atoms with E-state index in [2.05, 4.69) is 21.5 Å². The van der Waals surface area contributed by atoms with Gasteiger partial charge in [0.05, 0.1) is 12.3 Å². The maximum absolute atomic E-state index is 5.87. The Morgan fingerprint density at radius 2 is 2.26 bits per heavy atom. The molecule has 0 aromatic carbocycles. The van der Waals surface area contributed by atoms with Crippen molar-refractivity contribution in [2.24, 2.45) is 0 Å². The van der Waals surface area contributed by atoms with Gasteiger partial charge >= 0.3 is 0 Å². The summed E-state index contributed by atoms with van der Waals surface area (Å²) < 4.78 is 7.59. The molecule has 0 aliphatic carbocycles. The zero-order valence-electron chi connectivity index (χ0n) is 10.6. The number of pyridine rings is 1. The average Bonchev–Trinajstić information content (AvgIpc) is 3.06. The predicted octanol–water partition coefficient (Wildman–Crippen LogP) is 3.41. The molecular formula is C14H14ClN3O. The molecule has 1 unspecified atom stereocenters. The molecule has 4 nitrogen and oxygen atoms in total. The van der Waals surface area contributed by atoms with Crippen LogP contribution in [0.5, 0.6) is 0 Å². The number of imidazole rings is 1. The Kier molecular flexibility index (Phi) is 3.25. The first kappa shape index (κ1) is 12.2. The number of hydrogen-bond acceptors (Lipinski definition) is 3. The average molecular weight is 276 g/mol. The van der Waals surface area contributed by atoms with Crippen molar-refractivity contribution in [1.29, 1.82) is 0 Å². The third kappa shape index (κ3) is 2.12. The second-order valence-electron chi connectivity index (χ2n) is 4.37. The molecule has 5 heteroatoms. The van der Waals surface area contributed by atoms with Crippen LogP contribution in [0.3, 0.4) is 0 Å². The van der Waals surface area contributed by atoms with E-state index in [4.69, 9.17) is 16.0 Å². The lowest BCUT2D eigenvalue weighted by Gasteiger charge is -2.14. The van der Waals surface area contributed by atoms with E-state index < -0.39 is 0 Å². The maximum atomic E-state index is 5.87. The molecule has 0 saturated heterocycles. The number of furan rings is 1. The Balaban J connectivity index is 2.17. The highest BCUT2D eigenvalue weighted by atomic mass is 35.5. The lowest BCUT2D eigenvalue weighted by Crippen LogP contribution is -2.11. The van der Waals surface area contributed by atoms with Crippen molar-refractivity contribution < 1.29 is 4.42 Å². The van der Waals surface area contributed by atoms with E-state index in [-0.39, 0.29) is 6.04 Å². The van der Waals surface area contributed by atoms with Crippen molar-refractivity contribution in [2.45, 2.75) is 19.4 Å². The molecule has 0 N–H and O–H groups in total. The molecule has 0 aliphatic heterocycles. The minimum atomic E-state index is 0.0492. The second-order valence-corrected chi connectivity index (χ2v) is 4.75. The van der Waals surface area contributed by atoms with Crippen LogP contribution in [-0.4, -0.2) is 20.4 Å². The monoisotopic (exact) mass is 275 g/mol. The van der Waals surface area contributed by atoms with Crippen LogP contribution in [0.15, 0.2) is 41.1 Å². The Labute approximate surface area is 116 Å². The summed E-state index contributed by atoms with van der Waals surface area (Å²) in [4.78, 5) is 9.04. The van der Waals surface area contributed by atoms with E-state index in [1.165, 1.54) is 0 Å². The van der Waals surface area contributed by atoms with Gasteiger partial charge in [0.2, 0.25) is 0 Å². The van der Waals surface area contributed by atoms with Gasteiger partial charge in [-0.15, -0.1) is 11.6 Å². The molecule has 3 aromatic rings. The smallest absolute Gasteiger partial charge is 0.160 e. The fraction of sp³-hybridized carbons (Fsp3) is 0.286. The van der Waals surface area contributed by atoms with E-state index in [1.807, 2.05) is 24.3 Å². The normalized spacial score (nSPS) is 12.9. The summed E-state index contributed by atoms with van der Waals surface area (Å²) in [5.41, 5.74) is 1.76. The number of aryl methyl sites for hydroxylation is 1. The largest absolute Gasteiger partial charge is 0.467 e. The number of fused-ring (bicyclic) bond motifs is 1. The van der Waals surface area contributed by atoms with Crippen molar-refractivity contribution in [1.82, 2.24) is 14.5 Å². The van der Waals surface area contributed by atoms with Crippen LogP contribution in [0.1, 0.15) is 24.6 Å². The van der Waals surface area contributed by atoms with Crippen LogP contribution >= 0.6 is 11.6 Å². The maximum Gasteiger partial charge on any atom is 0.160 e. The van der Waals surface area contributed by atoms with Gasteiger partial charge in [0.15, 0.2) is 5.65 Å². The Hall–Kier alpha value is -1.81. The van der Waals surface area contributed by atoms with E-state index in [1.54, 1.807) is 12.5 Å². The van der Waals surface area contributed by atoms with Crippen LogP contribution in [0.2, 0.25) is 0 Å². The fourth-order valence-electron chi connectivity index (χ4n) is 2.30. The summed E-state index contributed by atoms with van der Waals surface area (Å²) in [6.45, 7) is 2.08. The lowest BCUT2D eigenvalue weighted by molar-refractivity contribution is 0.444. The van der Waals surface area contributed by atoms with E-state index in [9.17, 15) is 0 Å². The van der Waals surface area contributed by atoms with Gasteiger partial charge in [-0.2, -0.15) is 0 Å².